The Labute approximate surface area is 132 Å². The van der Waals surface area contributed by atoms with Gasteiger partial charge in [0, 0.05) is 32.1 Å². The summed E-state index contributed by atoms with van der Waals surface area (Å²) in [6, 6.07) is -0.308. The first-order chi connectivity index (χ1) is 10.2. The summed E-state index contributed by atoms with van der Waals surface area (Å²) in [7, 11) is -6.44. The van der Waals surface area contributed by atoms with Gasteiger partial charge in [-0.05, 0) is 26.2 Å². The van der Waals surface area contributed by atoms with Gasteiger partial charge in [0.25, 0.3) is 0 Å². The number of rotatable bonds is 6. The molecule has 2 heterocycles. The van der Waals surface area contributed by atoms with Crippen molar-refractivity contribution in [3.63, 3.8) is 0 Å². The molecule has 0 spiro atoms. The summed E-state index contributed by atoms with van der Waals surface area (Å²) in [5.74, 6) is -0.367. The SMILES string of the molecule is CCN(C(=O)CCS(=O)(=O)N1CCCC1)C1CCS(=O)(=O)C1. The zero-order valence-corrected chi connectivity index (χ0v) is 14.5. The van der Waals surface area contributed by atoms with E-state index in [0.717, 1.165) is 12.8 Å². The van der Waals surface area contributed by atoms with Crippen LogP contribution < -0.4 is 0 Å². The van der Waals surface area contributed by atoms with Crippen molar-refractivity contribution >= 4 is 25.8 Å². The van der Waals surface area contributed by atoms with E-state index in [2.05, 4.69) is 0 Å². The minimum absolute atomic E-state index is 0.00848. The molecule has 0 aromatic carbocycles. The molecule has 1 unspecified atom stereocenters. The van der Waals surface area contributed by atoms with E-state index in [-0.39, 0.29) is 35.6 Å². The number of carbonyl (C=O) groups is 1. The molecule has 2 aliphatic rings. The third-order valence-corrected chi connectivity index (χ3v) is 7.96. The largest absolute Gasteiger partial charge is 0.339 e. The maximum absolute atomic E-state index is 12.3. The fourth-order valence-corrected chi connectivity index (χ4v) is 6.35. The van der Waals surface area contributed by atoms with Crippen LogP contribution >= 0.6 is 0 Å². The summed E-state index contributed by atoms with van der Waals surface area (Å²) < 4.78 is 48.8. The Morgan fingerprint density at radius 2 is 1.91 bits per heavy atom. The summed E-state index contributed by atoms with van der Waals surface area (Å²) in [5, 5.41) is 0. The van der Waals surface area contributed by atoms with Crippen molar-refractivity contribution in [3.05, 3.63) is 0 Å². The molecule has 128 valence electrons. The lowest BCUT2D eigenvalue weighted by atomic mass is 10.2. The van der Waals surface area contributed by atoms with Gasteiger partial charge in [0.1, 0.15) is 0 Å². The summed E-state index contributed by atoms with van der Waals surface area (Å²) in [6.45, 7) is 3.27. The maximum Gasteiger partial charge on any atom is 0.223 e. The first-order valence-electron chi connectivity index (χ1n) is 7.73. The summed E-state index contributed by atoms with van der Waals surface area (Å²) in [5.41, 5.74) is 0. The normalized spacial score (nSPS) is 25.4. The number of sulfone groups is 1. The predicted octanol–water partition coefficient (Wildman–Crippen LogP) is -0.162. The van der Waals surface area contributed by atoms with E-state index in [1.54, 1.807) is 6.92 Å². The van der Waals surface area contributed by atoms with Gasteiger partial charge in [-0.25, -0.2) is 21.1 Å². The molecule has 9 heteroatoms. The highest BCUT2D eigenvalue weighted by Crippen LogP contribution is 2.19. The van der Waals surface area contributed by atoms with E-state index < -0.39 is 19.9 Å². The topological polar surface area (TPSA) is 91.8 Å². The van der Waals surface area contributed by atoms with Crippen LogP contribution in [0.4, 0.5) is 0 Å². The number of nitrogens with zero attached hydrogens (tertiary/aromatic N) is 2. The Kier molecular flexibility index (Phi) is 5.50. The molecule has 2 aliphatic heterocycles. The Hall–Kier alpha value is -0.670. The van der Waals surface area contributed by atoms with Gasteiger partial charge < -0.3 is 4.90 Å². The van der Waals surface area contributed by atoms with E-state index in [1.807, 2.05) is 0 Å². The van der Waals surface area contributed by atoms with Crippen molar-refractivity contribution in [1.29, 1.82) is 0 Å². The lowest BCUT2D eigenvalue weighted by Crippen LogP contribution is -2.42. The highest BCUT2D eigenvalue weighted by molar-refractivity contribution is 7.91. The van der Waals surface area contributed by atoms with Crippen LogP contribution in [0.25, 0.3) is 0 Å². The number of hydrogen-bond acceptors (Lipinski definition) is 5. The molecule has 0 N–H and O–H groups in total. The van der Waals surface area contributed by atoms with Crippen LogP contribution in [-0.2, 0) is 24.7 Å². The van der Waals surface area contributed by atoms with Gasteiger partial charge in [-0.15, -0.1) is 0 Å². The zero-order valence-electron chi connectivity index (χ0n) is 12.9. The molecular formula is C13H24N2O5S2. The van der Waals surface area contributed by atoms with Crippen molar-refractivity contribution < 1.29 is 21.6 Å². The van der Waals surface area contributed by atoms with Crippen molar-refractivity contribution in [3.8, 4) is 0 Å². The van der Waals surface area contributed by atoms with Crippen LogP contribution in [0, 0.1) is 0 Å². The van der Waals surface area contributed by atoms with Gasteiger partial charge in [0.15, 0.2) is 9.84 Å². The van der Waals surface area contributed by atoms with Gasteiger partial charge in [0.2, 0.25) is 15.9 Å². The molecule has 2 fully saturated rings. The first kappa shape index (κ1) is 17.7. The summed E-state index contributed by atoms with van der Waals surface area (Å²) >= 11 is 0. The fourth-order valence-electron chi connectivity index (χ4n) is 3.11. The number of sulfonamides is 1. The molecular weight excluding hydrogens is 328 g/mol. The van der Waals surface area contributed by atoms with Crippen LogP contribution in [0.15, 0.2) is 0 Å². The Morgan fingerprint density at radius 3 is 2.41 bits per heavy atom. The molecule has 1 amide bonds. The van der Waals surface area contributed by atoms with Gasteiger partial charge >= 0.3 is 0 Å². The zero-order chi connectivity index (χ0) is 16.4. The van der Waals surface area contributed by atoms with Crippen molar-refractivity contribution in [2.75, 3.05) is 36.9 Å². The standard InChI is InChI=1S/C13H24N2O5S2/c1-2-15(12-5-9-21(17,18)11-12)13(16)6-10-22(19,20)14-7-3-4-8-14/h12H,2-11H2,1H3. The van der Waals surface area contributed by atoms with E-state index >= 15 is 0 Å². The Balaban J connectivity index is 1.92. The number of hydrogen-bond donors (Lipinski definition) is 0. The fraction of sp³-hybridized carbons (Fsp3) is 0.923. The van der Waals surface area contributed by atoms with E-state index in [9.17, 15) is 21.6 Å². The quantitative estimate of drug-likeness (QED) is 0.662. The second-order valence-electron chi connectivity index (χ2n) is 5.91. The van der Waals surface area contributed by atoms with Crippen molar-refractivity contribution in [2.24, 2.45) is 0 Å². The van der Waals surface area contributed by atoms with E-state index in [1.165, 1.54) is 9.21 Å². The van der Waals surface area contributed by atoms with Crippen LogP contribution in [0.2, 0.25) is 0 Å². The molecule has 0 aliphatic carbocycles. The van der Waals surface area contributed by atoms with E-state index in [4.69, 9.17) is 0 Å². The Morgan fingerprint density at radius 1 is 1.27 bits per heavy atom. The average Bonchev–Trinajstić information content (AvgIpc) is 3.07. The van der Waals surface area contributed by atoms with Crippen LogP contribution in [0.5, 0.6) is 0 Å². The maximum atomic E-state index is 12.3. The smallest absolute Gasteiger partial charge is 0.223 e. The van der Waals surface area contributed by atoms with Gasteiger partial charge in [-0.3, -0.25) is 4.79 Å². The van der Waals surface area contributed by atoms with Gasteiger partial charge in [-0.2, -0.15) is 0 Å². The second kappa shape index (κ2) is 6.84. The molecule has 0 radical (unpaired) electrons. The van der Waals surface area contributed by atoms with Crippen molar-refractivity contribution in [1.82, 2.24) is 9.21 Å². The average molecular weight is 352 g/mol. The molecule has 0 aromatic rings. The minimum atomic E-state index is -3.38. The lowest BCUT2D eigenvalue weighted by Gasteiger charge is -2.27. The van der Waals surface area contributed by atoms with Crippen LogP contribution in [0.3, 0.4) is 0 Å². The molecule has 7 nitrogen and oxygen atoms in total. The van der Waals surface area contributed by atoms with Gasteiger partial charge in [-0.1, -0.05) is 0 Å². The summed E-state index contributed by atoms with van der Waals surface area (Å²) in [4.78, 5) is 13.8. The first-order valence-corrected chi connectivity index (χ1v) is 11.2. The summed E-state index contributed by atoms with van der Waals surface area (Å²) in [6.07, 6.45) is 2.10. The van der Waals surface area contributed by atoms with Crippen LogP contribution in [-0.4, -0.2) is 74.9 Å². The number of amides is 1. The Bertz CT molecular complexity index is 608. The second-order valence-corrected chi connectivity index (χ2v) is 10.2. The monoisotopic (exact) mass is 352 g/mol. The van der Waals surface area contributed by atoms with Gasteiger partial charge in [0.05, 0.1) is 17.3 Å². The molecule has 2 saturated heterocycles. The van der Waals surface area contributed by atoms with Crippen LogP contribution in [0.1, 0.15) is 32.6 Å². The molecule has 2 rings (SSSR count). The predicted molar refractivity (Wildman–Crippen MR) is 83.7 cm³/mol. The third kappa shape index (κ3) is 4.20. The minimum Gasteiger partial charge on any atom is -0.339 e. The lowest BCUT2D eigenvalue weighted by molar-refractivity contribution is -0.132. The number of carbonyl (C=O) groups excluding carboxylic acids is 1. The molecule has 22 heavy (non-hydrogen) atoms. The van der Waals surface area contributed by atoms with Crippen molar-refractivity contribution in [2.45, 2.75) is 38.6 Å². The third-order valence-electron chi connectivity index (χ3n) is 4.34. The molecule has 0 saturated carbocycles. The molecule has 0 aromatic heterocycles. The molecule has 0 bridgehead atoms. The molecule has 1 atom stereocenters. The highest BCUT2D eigenvalue weighted by atomic mass is 32.2. The highest BCUT2D eigenvalue weighted by Gasteiger charge is 2.34. The van der Waals surface area contributed by atoms with E-state index in [0.29, 0.717) is 26.1 Å².